The van der Waals surface area contributed by atoms with Crippen LogP contribution in [-0.4, -0.2) is 34.7 Å². The van der Waals surface area contributed by atoms with Gasteiger partial charge in [-0.3, -0.25) is 9.59 Å². The summed E-state index contributed by atoms with van der Waals surface area (Å²) in [5.41, 5.74) is 4.57. The van der Waals surface area contributed by atoms with Gasteiger partial charge in [0.1, 0.15) is 6.04 Å². The highest BCUT2D eigenvalue weighted by molar-refractivity contribution is 7.14. The van der Waals surface area contributed by atoms with E-state index in [0.717, 1.165) is 5.00 Å². The molecule has 5 N–H and O–H groups in total. The van der Waals surface area contributed by atoms with E-state index in [1.54, 1.807) is 6.92 Å². The molecule has 0 aromatic carbocycles. The van der Waals surface area contributed by atoms with Crippen LogP contribution in [0.1, 0.15) is 6.92 Å². The Labute approximate surface area is 96.7 Å². The summed E-state index contributed by atoms with van der Waals surface area (Å²) in [6.45, 7) is 1.34. The molecule has 0 fully saturated rings. The van der Waals surface area contributed by atoms with E-state index in [1.807, 2.05) is 17.5 Å². The molecule has 1 aromatic heterocycles. The molecule has 0 spiro atoms. The average Bonchev–Trinajstić information content (AvgIpc) is 2.71. The van der Waals surface area contributed by atoms with Gasteiger partial charge in [-0.2, -0.15) is 0 Å². The van der Waals surface area contributed by atoms with E-state index < -0.39 is 18.0 Å². The minimum absolute atomic E-state index is 0.278. The van der Waals surface area contributed by atoms with E-state index in [0.29, 0.717) is 0 Å². The zero-order valence-electron chi connectivity index (χ0n) is 8.71. The van der Waals surface area contributed by atoms with Gasteiger partial charge in [0.25, 0.3) is 0 Å². The zero-order valence-corrected chi connectivity index (χ0v) is 9.53. The number of carboxylic acids is 2. The second-order valence-corrected chi connectivity index (χ2v) is 3.73. The number of hydrogen-bond donors (Lipinski definition) is 4. The molecular formula is C9H14N2O4S. The molecule has 1 atom stereocenters. The Balaban J connectivity index is 0.000000385. The van der Waals surface area contributed by atoms with Gasteiger partial charge < -0.3 is 21.3 Å². The average molecular weight is 246 g/mol. The lowest BCUT2D eigenvalue weighted by Crippen LogP contribution is -2.24. The number of rotatable bonds is 4. The van der Waals surface area contributed by atoms with Crippen LogP contribution in [0, 0.1) is 0 Å². The third-order valence-electron chi connectivity index (χ3n) is 1.42. The maximum Gasteiger partial charge on any atom is 0.325 e. The van der Waals surface area contributed by atoms with Gasteiger partial charge in [0.05, 0.1) is 11.5 Å². The number of carbonyl (C=O) groups is 2. The molecule has 16 heavy (non-hydrogen) atoms. The van der Waals surface area contributed by atoms with Crippen molar-refractivity contribution >= 4 is 28.3 Å². The second kappa shape index (κ2) is 7.66. The van der Waals surface area contributed by atoms with E-state index in [2.05, 4.69) is 11.1 Å². The Kier molecular flexibility index (Phi) is 6.89. The first-order valence-electron chi connectivity index (χ1n) is 4.42. The van der Waals surface area contributed by atoms with E-state index in [9.17, 15) is 9.59 Å². The molecule has 1 aromatic rings. The fraction of sp³-hybridized carbons (Fsp3) is 0.333. The van der Waals surface area contributed by atoms with Gasteiger partial charge in [0, 0.05) is 0 Å². The molecule has 0 amide bonds. The minimum Gasteiger partial charge on any atom is -0.480 e. The van der Waals surface area contributed by atoms with Gasteiger partial charge in [-0.1, -0.05) is 0 Å². The molecule has 7 heteroatoms. The highest BCUT2D eigenvalue weighted by Crippen LogP contribution is 2.15. The Bertz CT molecular complexity index is 326. The smallest absolute Gasteiger partial charge is 0.325 e. The van der Waals surface area contributed by atoms with E-state index in [4.69, 9.17) is 10.2 Å². The highest BCUT2D eigenvalue weighted by Gasteiger charge is 2.09. The predicted molar refractivity (Wildman–Crippen MR) is 61.7 cm³/mol. The van der Waals surface area contributed by atoms with Crippen molar-refractivity contribution in [3.05, 3.63) is 17.5 Å². The molecule has 1 rings (SSSR count). The van der Waals surface area contributed by atoms with Gasteiger partial charge in [-0.15, -0.1) is 11.3 Å². The molecule has 0 saturated heterocycles. The number of anilines is 1. The SMILES string of the molecule is CC(Nc1cccs1)C(=O)O.NCC(=O)O. The fourth-order valence-corrected chi connectivity index (χ4v) is 1.34. The maximum absolute atomic E-state index is 10.4. The molecule has 90 valence electrons. The third-order valence-corrected chi connectivity index (χ3v) is 2.23. The zero-order chi connectivity index (χ0) is 12.6. The molecule has 0 saturated carbocycles. The number of hydrogen-bond acceptors (Lipinski definition) is 5. The summed E-state index contributed by atoms with van der Waals surface area (Å²) in [4.78, 5) is 19.6. The van der Waals surface area contributed by atoms with Crippen LogP contribution in [0.2, 0.25) is 0 Å². The molecule has 1 heterocycles. The Morgan fingerprint density at radius 2 is 2.12 bits per heavy atom. The van der Waals surface area contributed by atoms with Crippen LogP contribution in [0.3, 0.4) is 0 Å². The van der Waals surface area contributed by atoms with Crippen molar-refractivity contribution in [3.8, 4) is 0 Å². The van der Waals surface area contributed by atoms with Crippen molar-refractivity contribution in [1.29, 1.82) is 0 Å². The van der Waals surface area contributed by atoms with Crippen molar-refractivity contribution in [1.82, 2.24) is 0 Å². The number of nitrogens with two attached hydrogens (primary N) is 1. The van der Waals surface area contributed by atoms with Crippen molar-refractivity contribution in [2.24, 2.45) is 5.73 Å². The first kappa shape index (κ1) is 14.4. The standard InChI is InChI=1S/C7H9NO2S.C2H5NO2/c1-5(7(9)10)8-6-3-2-4-11-6;3-1-2(4)5/h2-5,8H,1H3,(H,9,10);1,3H2,(H,4,5). The quantitative estimate of drug-likeness (QED) is 0.621. The van der Waals surface area contributed by atoms with Gasteiger partial charge in [0.15, 0.2) is 0 Å². The monoisotopic (exact) mass is 246 g/mol. The third kappa shape index (κ3) is 6.80. The summed E-state index contributed by atoms with van der Waals surface area (Å²) in [5, 5.41) is 21.7. The Hall–Kier alpha value is -1.60. The Morgan fingerprint density at radius 3 is 2.44 bits per heavy atom. The summed E-state index contributed by atoms with van der Waals surface area (Å²) in [6.07, 6.45) is 0. The number of aliphatic carboxylic acids is 2. The fourth-order valence-electron chi connectivity index (χ4n) is 0.636. The van der Waals surface area contributed by atoms with E-state index >= 15 is 0 Å². The molecule has 0 aliphatic heterocycles. The maximum atomic E-state index is 10.4. The number of thiophene rings is 1. The van der Waals surface area contributed by atoms with Gasteiger partial charge >= 0.3 is 11.9 Å². The van der Waals surface area contributed by atoms with Crippen LogP contribution in [0.5, 0.6) is 0 Å². The first-order valence-corrected chi connectivity index (χ1v) is 5.30. The van der Waals surface area contributed by atoms with Gasteiger partial charge in [0.2, 0.25) is 0 Å². The summed E-state index contributed by atoms with van der Waals surface area (Å²) < 4.78 is 0. The largest absolute Gasteiger partial charge is 0.480 e. The lowest BCUT2D eigenvalue weighted by Gasteiger charge is -2.06. The highest BCUT2D eigenvalue weighted by atomic mass is 32.1. The molecule has 0 aliphatic rings. The summed E-state index contributed by atoms with van der Waals surface area (Å²) in [7, 11) is 0. The molecule has 6 nitrogen and oxygen atoms in total. The lowest BCUT2D eigenvalue weighted by atomic mass is 10.3. The molecule has 1 unspecified atom stereocenters. The van der Waals surface area contributed by atoms with Crippen LogP contribution < -0.4 is 11.1 Å². The lowest BCUT2D eigenvalue weighted by molar-refractivity contribution is -0.137. The molecular weight excluding hydrogens is 232 g/mol. The van der Waals surface area contributed by atoms with Crippen molar-refractivity contribution in [2.45, 2.75) is 13.0 Å². The van der Waals surface area contributed by atoms with Crippen LogP contribution >= 0.6 is 11.3 Å². The van der Waals surface area contributed by atoms with Crippen LogP contribution in [-0.2, 0) is 9.59 Å². The van der Waals surface area contributed by atoms with E-state index in [1.165, 1.54) is 11.3 Å². The van der Waals surface area contributed by atoms with Crippen LogP contribution in [0.4, 0.5) is 5.00 Å². The van der Waals surface area contributed by atoms with Crippen LogP contribution in [0.25, 0.3) is 0 Å². The van der Waals surface area contributed by atoms with Crippen molar-refractivity contribution in [2.75, 3.05) is 11.9 Å². The second-order valence-electron chi connectivity index (χ2n) is 2.78. The summed E-state index contributed by atoms with van der Waals surface area (Å²) in [6, 6.07) is 3.21. The number of nitrogens with one attached hydrogen (secondary N) is 1. The van der Waals surface area contributed by atoms with E-state index in [-0.39, 0.29) is 6.54 Å². The van der Waals surface area contributed by atoms with Gasteiger partial charge in [-0.05, 0) is 24.4 Å². The van der Waals surface area contributed by atoms with Crippen LogP contribution in [0.15, 0.2) is 17.5 Å². The summed E-state index contributed by atoms with van der Waals surface area (Å²) in [5.74, 6) is -1.80. The first-order chi connectivity index (χ1) is 7.47. The normalized spacial score (nSPS) is 10.9. The predicted octanol–water partition coefficient (Wildman–Crippen LogP) is 0.663. The van der Waals surface area contributed by atoms with Crippen molar-refractivity contribution < 1.29 is 19.8 Å². The molecule has 0 radical (unpaired) electrons. The number of carboxylic acid groups (broad SMARTS) is 2. The molecule has 0 bridgehead atoms. The van der Waals surface area contributed by atoms with Gasteiger partial charge in [-0.25, -0.2) is 0 Å². The Morgan fingerprint density at radius 1 is 1.56 bits per heavy atom. The summed E-state index contributed by atoms with van der Waals surface area (Å²) >= 11 is 1.49. The van der Waals surface area contributed by atoms with Crippen molar-refractivity contribution in [3.63, 3.8) is 0 Å². The minimum atomic E-state index is -0.968. The molecule has 0 aliphatic carbocycles. The topological polar surface area (TPSA) is 113 Å².